The van der Waals surface area contributed by atoms with Gasteiger partial charge in [0.1, 0.15) is 11.3 Å². The molecule has 0 saturated carbocycles. The van der Waals surface area contributed by atoms with Crippen LogP contribution in [0.25, 0.3) is 10.9 Å². The first kappa shape index (κ1) is 15.5. The second-order valence-electron chi connectivity index (χ2n) is 5.25. The minimum atomic E-state index is -0.119. The lowest BCUT2D eigenvalue weighted by Gasteiger charge is -2.09. The summed E-state index contributed by atoms with van der Waals surface area (Å²) in [5.41, 5.74) is 1.72. The predicted octanol–water partition coefficient (Wildman–Crippen LogP) is 3.34. The highest BCUT2D eigenvalue weighted by molar-refractivity contribution is 7.09. The zero-order chi connectivity index (χ0) is 16.1. The minimum absolute atomic E-state index is 0.000818. The summed E-state index contributed by atoms with van der Waals surface area (Å²) in [6.45, 7) is 2.56. The van der Waals surface area contributed by atoms with Crippen molar-refractivity contribution < 1.29 is 9.53 Å². The number of carbonyl (C=O) groups is 1. The number of amides is 1. The summed E-state index contributed by atoms with van der Waals surface area (Å²) in [6, 6.07) is 13.8. The molecule has 23 heavy (non-hydrogen) atoms. The number of hydrogen-bond acceptors (Lipinski definition) is 4. The van der Waals surface area contributed by atoms with Gasteiger partial charge in [-0.15, -0.1) is 11.3 Å². The van der Waals surface area contributed by atoms with Crippen LogP contribution in [0.2, 0.25) is 0 Å². The highest BCUT2D eigenvalue weighted by Crippen LogP contribution is 2.23. The number of ether oxygens (including phenoxy) is 1. The molecule has 2 heterocycles. The van der Waals surface area contributed by atoms with Crippen LogP contribution in [-0.4, -0.2) is 24.0 Å². The molecule has 2 aromatic heterocycles. The number of aromatic nitrogens is 1. The summed E-state index contributed by atoms with van der Waals surface area (Å²) in [4.78, 5) is 17.7. The molecule has 0 saturated heterocycles. The SMILES string of the molecule is Cc1ccc2cccc(OCC(=O)NCCc3cccs3)c2n1. The molecule has 0 fully saturated rings. The van der Waals surface area contributed by atoms with Gasteiger partial charge in [-0.1, -0.05) is 24.3 Å². The summed E-state index contributed by atoms with van der Waals surface area (Å²) in [5.74, 6) is 0.519. The lowest BCUT2D eigenvalue weighted by Crippen LogP contribution is -2.30. The van der Waals surface area contributed by atoms with E-state index >= 15 is 0 Å². The van der Waals surface area contributed by atoms with E-state index in [2.05, 4.69) is 16.4 Å². The number of fused-ring (bicyclic) bond motifs is 1. The molecular weight excluding hydrogens is 308 g/mol. The zero-order valence-corrected chi connectivity index (χ0v) is 13.7. The fraction of sp³-hybridized carbons (Fsp3) is 0.222. The molecule has 0 radical (unpaired) electrons. The van der Waals surface area contributed by atoms with E-state index in [9.17, 15) is 4.79 Å². The Morgan fingerprint density at radius 1 is 1.22 bits per heavy atom. The van der Waals surface area contributed by atoms with Crippen LogP contribution in [0.3, 0.4) is 0 Å². The summed E-state index contributed by atoms with van der Waals surface area (Å²) in [5, 5.41) is 5.92. The molecular formula is C18H18N2O2S. The Morgan fingerprint density at radius 3 is 2.96 bits per heavy atom. The molecule has 0 bridgehead atoms. The monoisotopic (exact) mass is 326 g/mol. The first-order valence-corrected chi connectivity index (χ1v) is 8.38. The van der Waals surface area contributed by atoms with Crippen LogP contribution >= 0.6 is 11.3 Å². The molecule has 3 aromatic rings. The first-order chi connectivity index (χ1) is 11.2. The predicted molar refractivity (Wildman–Crippen MR) is 93.0 cm³/mol. The van der Waals surface area contributed by atoms with Crippen molar-refractivity contribution in [2.24, 2.45) is 0 Å². The number of thiophene rings is 1. The van der Waals surface area contributed by atoms with Gasteiger partial charge in [0.05, 0.1) is 0 Å². The minimum Gasteiger partial charge on any atom is -0.481 e. The highest BCUT2D eigenvalue weighted by Gasteiger charge is 2.07. The lowest BCUT2D eigenvalue weighted by atomic mass is 10.2. The summed E-state index contributed by atoms with van der Waals surface area (Å²) in [7, 11) is 0. The van der Waals surface area contributed by atoms with Crippen molar-refractivity contribution in [3.05, 3.63) is 58.4 Å². The van der Waals surface area contributed by atoms with Crippen LogP contribution in [0.1, 0.15) is 10.6 Å². The number of rotatable bonds is 6. The van der Waals surface area contributed by atoms with E-state index in [-0.39, 0.29) is 12.5 Å². The Kier molecular flexibility index (Phi) is 4.88. The van der Waals surface area contributed by atoms with Gasteiger partial charge in [0.25, 0.3) is 5.91 Å². The molecule has 0 unspecified atom stereocenters. The van der Waals surface area contributed by atoms with Crippen LogP contribution in [0.4, 0.5) is 0 Å². The van der Waals surface area contributed by atoms with E-state index in [0.717, 1.165) is 23.0 Å². The molecule has 0 aliphatic carbocycles. The van der Waals surface area contributed by atoms with Gasteiger partial charge in [-0.25, -0.2) is 4.98 Å². The van der Waals surface area contributed by atoms with Crippen molar-refractivity contribution in [3.63, 3.8) is 0 Å². The molecule has 1 amide bonds. The molecule has 4 nitrogen and oxygen atoms in total. The van der Waals surface area contributed by atoms with Gasteiger partial charge in [0.2, 0.25) is 0 Å². The molecule has 118 valence electrons. The molecule has 1 aromatic carbocycles. The number of aryl methyl sites for hydroxylation is 1. The Bertz CT molecular complexity index is 800. The van der Waals surface area contributed by atoms with Crippen molar-refractivity contribution in [2.45, 2.75) is 13.3 Å². The standard InChI is InChI=1S/C18H18N2O2S/c1-13-7-8-14-4-2-6-16(18(14)20-13)22-12-17(21)19-10-9-15-5-3-11-23-15/h2-8,11H,9-10,12H2,1H3,(H,19,21). The van der Waals surface area contributed by atoms with Crippen LogP contribution < -0.4 is 10.1 Å². The Morgan fingerprint density at radius 2 is 2.13 bits per heavy atom. The van der Waals surface area contributed by atoms with Gasteiger partial charge in [0, 0.05) is 22.5 Å². The fourth-order valence-corrected chi connectivity index (χ4v) is 3.02. The first-order valence-electron chi connectivity index (χ1n) is 7.50. The van der Waals surface area contributed by atoms with E-state index in [0.29, 0.717) is 12.3 Å². The van der Waals surface area contributed by atoms with Gasteiger partial charge < -0.3 is 10.1 Å². The van der Waals surface area contributed by atoms with E-state index in [1.165, 1.54) is 4.88 Å². The third-order valence-corrected chi connectivity index (χ3v) is 4.39. The van der Waals surface area contributed by atoms with Gasteiger partial charge in [-0.2, -0.15) is 0 Å². The van der Waals surface area contributed by atoms with Crippen molar-refractivity contribution >= 4 is 28.1 Å². The summed E-state index contributed by atoms with van der Waals surface area (Å²) >= 11 is 1.70. The number of benzene rings is 1. The summed E-state index contributed by atoms with van der Waals surface area (Å²) in [6.07, 6.45) is 0.846. The molecule has 1 N–H and O–H groups in total. The van der Waals surface area contributed by atoms with E-state index in [1.54, 1.807) is 11.3 Å². The summed E-state index contributed by atoms with van der Waals surface area (Å²) < 4.78 is 5.65. The average molecular weight is 326 g/mol. The number of hydrogen-bond donors (Lipinski definition) is 1. The maximum absolute atomic E-state index is 11.9. The molecule has 5 heteroatoms. The number of carbonyl (C=O) groups excluding carboxylic acids is 1. The molecule has 0 aliphatic heterocycles. The van der Waals surface area contributed by atoms with Gasteiger partial charge in [-0.05, 0) is 36.9 Å². The quantitative estimate of drug-likeness (QED) is 0.756. The number of nitrogens with zero attached hydrogens (tertiary/aromatic N) is 1. The van der Waals surface area contributed by atoms with Crippen molar-refractivity contribution in [2.75, 3.05) is 13.2 Å². The Labute approximate surface area is 139 Å². The molecule has 3 rings (SSSR count). The van der Waals surface area contributed by atoms with E-state index < -0.39 is 0 Å². The molecule has 0 atom stereocenters. The molecule has 0 aliphatic rings. The smallest absolute Gasteiger partial charge is 0.257 e. The maximum Gasteiger partial charge on any atom is 0.257 e. The van der Waals surface area contributed by atoms with Crippen molar-refractivity contribution in [1.82, 2.24) is 10.3 Å². The zero-order valence-electron chi connectivity index (χ0n) is 12.9. The van der Waals surface area contributed by atoms with Gasteiger partial charge >= 0.3 is 0 Å². The third-order valence-electron chi connectivity index (χ3n) is 3.45. The second-order valence-corrected chi connectivity index (χ2v) is 6.28. The number of nitrogens with one attached hydrogen (secondary N) is 1. The molecule has 0 spiro atoms. The van der Waals surface area contributed by atoms with E-state index in [4.69, 9.17) is 4.74 Å². The third kappa shape index (κ3) is 4.07. The second kappa shape index (κ2) is 7.24. The average Bonchev–Trinajstić information content (AvgIpc) is 3.06. The van der Waals surface area contributed by atoms with Crippen LogP contribution in [0.5, 0.6) is 5.75 Å². The van der Waals surface area contributed by atoms with E-state index in [1.807, 2.05) is 48.7 Å². The van der Waals surface area contributed by atoms with Crippen molar-refractivity contribution in [1.29, 1.82) is 0 Å². The van der Waals surface area contributed by atoms with Gasteiger partial charge in [0.15, 0.2) is 6.61 Å². The van der Waals surface area contributed by atoms with Crippen LogP contribution in [0, 0.1) is 6.92 Å². The number of pyridine rings is 1. The van der Waals surface area contributed by atoms with Gasteiger partial charge in [-0.3, -0.25) is 4.79 Å². The van der Waals surface area contributed by atoms with Crippen LogP contribution in [-0.2, 0) is 11.2 Å². The fourth-order valence-electron chi connectivity index (χ4n) is 2.31. The lowest BCUT2D eigenvalue weighted by molar-refractivity contribution is -0.123. The normalized spacial score (nSPS) is 10.7. The number of para-hydroxylation sites is 1. The maximum atomic E-state index is 11.9. The topological polar surface area (TPSA) is 51.2 Å². The Hall–Kier alpha value is -2.40. The van der Waals surface area contributed by atoms with Crippen molar-refractivity contribution in [3.8, 4) is 5.75 Å². The largest absolute Gasteiger partial charge is 0.481 e. The van der Waals surface area contributed by atoms with Crippen LogP contribution in [0.15, 0.2) is 47.8 Å². The highest BCUT2D eigenvalue weighted by atomic mass is 32.1. The Balaban J connectivity index is 1.55.